The Kier molecular flexibility index (Phi) is 5.96. The smallest absolute Gasteiger partial charge is 0.348 e. The van der Waals surface area contributed by atoms with Gasteiger partial charge >= 0.3 is 5.69 Å². The van der Waals surface area contributed by atoms with Gasteiger partial charge in [-0.3, -0.25) is 9.59 Å². The summed E-state index contributed by atoms with van der Waals surface area (Å²) in [6.45, 7) is 6.76. The second kappa shape index (κ2) is 8.44. The highest BCUT2D eigenvalue weighted by atomic mass is 19.1. The molecule has 1 atom stereocenters. The van der Waals surface area contributed by atoms with Crippen molar-refractivity contribution in [1.29, 1.82) is 0 Å². The lowest BCUT2D eigenvalue weighted by Crippen LogP contribution is -2.47. The van der Waals surface area contributed by atoms with Crippen LogP contribution in [0.4, 0.5) is 4.39 Å². The lowest BCUT2D eigenvalue weighted by atomic mass is 10.1. The first-order chi connectivity index (χ1) is 14.2. The van der Waals surface area contributed by atoms with Crippen LogP contribution in [0, 0.1) is 12.7 Å². The predicted octanol–water partition coefficient (Wildman–Crippen LogP) is 2.59. The number of aryl methyl sites for hydroxylation is 1. The molecule has 1 unspecified atom stereocenters. The molecule has 0 aliphatic heterocycles. The normalized spacial score (nSPS) is 12.1. The van der Waals surface area contributed by atoms with E-state index in [0.29, 0.717) is 11.1 Å². The van der Waals surface area contributed by atoms with Crippen molar-refractivity contribution in [2.45, 2.75) is 39.8 Å². The molecule has 3 rings (SSSR count). The van der Waals surface area contributed by atoms with Crippen molar-refractivity contribution >= 4 is 5.91 Å². The van der Waals surface area contributed by atoms with E-state index in [4.69, 9.17) is 0 Å². The van der Waals surface area contributed by atoms with Crippen LogP contribution in [-0.2, 0) is 0 Å². The first kappa shape index (κ1) is 21.2. The number of rotatable bonds is 5. The monoisotopic (exact) mass is 410 g/mol. The largest absolute Gasteiger partial charge is 0.352 e. The van der Waals surface area contributed by atoms with Crippen molar-refractivity contribution in [3.05, 3.63) is 92.0 Å². The summed E-state index contributed by atoms with van der Waals surface area (Å²) in [6.07, 6.45) is 0. The van der Waals surface area contributed by atoms with Gasteiger partial charge in [-0.05, 0) is 44.9 Å². The van der Waals surface area contributed by atoms with E-state index in [-0.39, 0.29) is 11.7 Å². The Morgan fingerprint density at radius 3 is 2.33 bits per heavy atom. The Morgan fingerprint density at radius 1 is 1.07 bits per heavy atom. The Morgan fingerprint density at radius 2 is 1.73 bits per heavy atom. The van der Waals surface area contributed by atoms with Gasteiger partial charge in [0.25, 0.3) is 11.5 Å². The van der Waals surface area contributed by atoms with Crippen LogP contribution in [0.3, 0.4) is 0 Å². The fourth-order valence-electron chi connectivity index (χ4n) is 3.07. The minimum Gasteiger partial charge on any atom is -0.348 e. The summed E-state index contributed by atoms with van der Waals surface area (Å²) in [5.41, 5.74) is -0.780. The van der Waals surface area contributed by atoms with Crippen molar-refractivity contribution in [1.82, 2.24) is 19.7 Å². The zero-order valence-corrected chi connectivity index (χ0v) is 17.2. The van der Waals surface area contributed by atoms with Crippen molar-refractivity contribution in [2.24, 2.45) is 0 Å². The van der Waals surface area contributed by atoms with Gasteiger partial charge in [-0.2, -0.15) is 9.78 Å². The third-order valence-corrected chi connectivity index (χ3v) is 4.71. The zero-order chi connectivity index (χ0) is 22.0. The fraction of sp³-hybridized carbons (Fsp3) is 0.273. The summed E-state index contributed by atoms with van der Waals surface area (Å²) in [5.74, 6) is -1.23. The van der Waals surface area contributed by atoms with Crippen molar-refractivity contribution < 1.29 is 9.18 Å². The van der Waals surface area contributed by atoms with Gasteiger partial charge in [-0.25, -0.2) is 13.8 Å². The minimum absolute atomic E-state index is 0.121. The molecular formula is C22H23FN4O3. The van der Waals surface area contributed by atoms with Crippen molar-refractivity contribution in [3.8, 4) is 5.69 Å². The van der Waals surface area contributed by atoms with Crippen molar-refractivity contribution in [3.63, 3.8) is 0 Å². The number of carbonyl (C=O) groups is 1. The lowest BCUT2D eigenvalue weighted by Gasteiger charge is -2.18. The average molecular weight is 410 g/mol. The highest BCUT2D eigenvalue weighted by Gasteiger charge is 2.24. The summed E-state index contributed by atoms with van der Waals surface area (Å²) >= 11 is 0. The molecule has 1 heterocycles. The Bertz CT molecular complexity index is 1200. The summed E-state index contributed by atoms with van der Waals surface area (Å²) in [5, 5.41) is 6.61. The number of hydrogen-bond donors (Lipinski definition) is 1. The van der Waals surface area contributed by atoms with Gasteiger partial charge in [0, 0.05) is 12.1 Å². The first-order valence-corrected chi connectivity index (χ1v) is 9.59. The molecule has 0 spiro atoms. The molecular weight excluding hydrogens is 387 g/mol. The van der Waals surface area contributed by atoms with Gasteiger partial charge in [0.2, 0.25) is 5.69 Å². The maximum Gasteiger partial charge on any atom is 0.352 e. The summed E-state index contributed by atoms with van der Waals surface area (Å²) in [4.78, 5) is 38.9. The number of amides is 1. The SMILES string of the molecule is Cc1ccc(-n2nc(C(=O)NC(C)C)c(=O)n(C(C)c3ccccc3)c2=O)cc1F. The highest BCUT2D eigenvalue weighted by molar-refractivity contribution is 5.91. The summed E-state index contributed by atoms with van der Waals surface area (Å²) < 4.78 is 16.0. The predicted molar refractivity (Wildman–Crippen MR) is 112 cm³/mol. The van der Waals surface area contributed by atoms with Crippen LogP contribution >= 0.6 is 0 Å². The average Bonchev–Trinajstić information content (AvgIpc) is 2.70. The van der Waals surface area contributed by atoms with Crippen LogP contribution in [0.25, 0.3) is 5.69 Å². The molecule has 8 heteroatoms. The lowest BCUT2D eigenvalue weighted by molar-refractivity contribution is 0.0933. The summed E-state index contributed by atoms with van der Waals surface area (Å²) in [6, 6.07) is 12.2. The molecule has 0 bridgehead atoms. The van der Waals surface area contributed by atoms with E-state index < -0.39 is 34.7 Å². The maximum absolute atomic E-state index is 14.1. The van der Waals surface area contributed by atoms with Crippen LogP contribution in [0.1, 0.15) is 48.4 Å². The highest BCUT2D eigenvalue weighted by Crippen LogP contribution is 2.15. The standard InChI is InChI=1S/C22H23FN4O3/c1-13(2)24-20(28)19-21(29)26(15(4)16-8-6-5-7-9-16)22(30)27(25-19)17-11-10-14(3)18(23)12-17/h5-13,15H,1-4H3,(H,24,28). The van der Waals surface area contributed by atoms with Crippen LogP contribution in [0.15, 0.2) is 58.1 Å². The van der Waals surface area contributed by atoms with Gasteiger partial charge < -0.3 is 5.32 Å². The van der Waals surface area contributed by atoms with E-state index in [9.17, 15) is 18.8 Å². The molecule has 1 aromatic heterocycles. The molecule has 1 N–H and O–H groups in total. The van der Waals surface area contributed by atoms with E-state index in [2.05, 4.69) is 10.4 Å². The fourth-order valence-corrected chi connectivity index (χ4v) is 3.07. The van der Waals surface area contributed by atoms with Crippen molar-refractivity contribution in [2.75, 3.05) is 0 Å². The zero-order valence-electron chi connectivity index (χ0n) is 17.2. The van der Waals surface area contributed by atoms with E-state index in [1.54, 1.807) is 52.0 Å². The Hall–Kier alpha value is -3.55. The number of aromatic nitrogens is 3. The molecule has 0 aliphatic carbocycles. The van der Waals surface area contributed by atoms with Crippen LogP contribution < -0.4 is 16.6 Å². The number of benzene rings is 2. The molecule has 0 saturated heterocycles. The van der Waals surface area contributed by atoms with Crippen LogP contribution in [0.2, 0.25) is 0 Å². The van der Waals surface area contributed by atoms with Gasteiger partial charge in [0.1, 0.15) is 5.82 Å². The third kappa shape index (κ3) is 4.07. The molecule has 3 aromatic rings. The number of hydrogen-bond acceptors (Lipinski definition) is 4. The second-order valence-corrected chi connectivity index (χ2v) is 7.37. The van der Waals surface area contributed by atoms with Crippen LogP contribution in [0.5, 0.6) is 0 Å². The number of nitrogens with one attached hydrogen (secondary N) is 1. The molecule has 156 valence electrons. The number of halogens is 1. The van der Waals surface area contributed by atoms with Gasteiger partial charge in [0.15, 0.2) is 0 Å². The van der Waals surface area contributed by atoms with E-state index in [1.165, 1.54) is 12.1 Å². The van der Waals surface area contributed by atoms with Gasteiger partial charge in [-0.1, -0.05) is 36.4 Å². The van der Waals surface area contributed by atoms with Gasteiger partial charge in [0.05, 0.1) is 11.7 Å². The first-order valence-electron chi connectivity index (χ1n) is 9.59. The van der Waals surface area contributed by atoms with E-state index >= 15 is 0 Å². The molecule has 1 amide bonds. The summed E-state index contributed by atoms with van der Waals surface area (Å²) in [7, 11) is 0. The Labute approximate surface area is 172 Å². The molecule has 0 radical (unpaired) electrons. The van der Waals surface area contributed by atoms with E-state index in [1.807, 2.05) is 6.07 Å². The minimum atomic E-state index is -0.807. The van der Waals surface area contributed by atoms with E-state index in [0.717, 1.165) is 15.3 Å². The number of carbonyl (C=O) groups excluding carboxylic acids is 1. The maximum atomic E-state index is 14.1. The number of nitrogens with zero attached hydrogens (tertiary/aromatic N) is 3. The quantitative estimate of drug-likeness (QED) is 0.701. The molecule has 2 aromatic carbocycles. The molecule has 0 saturated carbocycles. The third-order valence-electron chi connectivity index (χ3n) is 4.71. The molecule has 7 nitrogen and oxygen atoms in total. The topological polar surface area (TPSA) is 86.0 Å². The molecule has 0 aliphatic rings. The van der Waals surface area contributed by atoms with Crippen LogP contribution in [-0.4, -0.2) is 26.3 Å². The van der Waals surface area contributed by atoms with Gasteiger partial charge in [-0.15, -0.1) is 0 Å². The molecule has 30 heavy (non-hydrogen) atoms. The second-order valence-electron chi connectivity index (χ2n) is 7.37. The Balaban J connectivity index is 2.30. The molecule has 0 fully saturated rings.